The van der Waals surface area contributed by atoms with E-state index in [0.717, 1.165) is 17.9 Å². The molecule has 0 saturated heterocycles. The number of para-hydroxylation sites is 1. The van der Waals surface area contributed by atoms with Crippen molar-refractivity contribution in [3.05, 3.63) is 78.4 Å². The van der Waals surface area contributed by atoms with Gasteiger partial charge in [-0.2, -0.15) is 0 Å². The lowest BCUT2D eigenvalue weighted by molar-refractivity contribution is 0.404. The van der Waals surface area contributed by atoms with Crippen LogP contribution in [0.4, 0.5) is 0 Å². The molecule has 1 atom stereocenters. The van der Waals surface area contributed by atoms with E-state index >= 15 is 0 Å². The second kappa shape index (κ2) is 6.76. The van der Waals surface area contributed by atoms with Gasteiger partial charge in [-0.1, -0.05) is 54.6 Å². The van der Waals surface area contributed by atoms with Crippen LogP contribution in [-0.4, -0.2) is 7.11 Å². The summed E-state index contributed by atoms with van der Waals surface area (Å²) in [6.07, 6.45) is 1.90. The number of hydrogen-bond acceptors (Lipinski definition) is 2. The van der Waals surface area contributed by atoms with Crippen LogP contribution in [0.3, 0.4) is 0 Å². The summed E-state index contributed by atoms with van der Waals surface area (Å²) in [4.78, 5) is 0. The average molecular weight is 253 g/mol. The lowest BCUT2D eigenvalue weighted by Gasteiger charge is -2.18. The van der Waals surface area contributed by atoms with E-state index in [9.17, 15) is 0 Å². The lowest BCUT2D eigenvalue weighted by Crippen LogP contribution is -2.19. The molecule has 1 N–H and O–H groups in total. The molecule has 98 valence electrons. The third kappa shape index (κ3) is 3.46. The minimum Gasteiger partial charge on any atom is -0.496 e. The summed E-state index contributed by atoms with van der Waals surface area (Å²) in [5, 5.41) is 3.48. The molecule has 0 aliphatic rings. The van der Waals surface area contributed by atoms with Crippen molar-refractivity contribution >= 4 is 0 Å². The normalized spacial score (nSPS) is 11.8. The van der Waals surface area contributed by atoms with Gasteiger partial charge in [0.1, 0.15) is 5.75 Å². The molecule has 2 aromatic carbocycles. The number of benzene rings is 2. The van der Waals surface area contributed by atoms with E-state index in [2.05, 4.69) is 30.1 Å². The van der Waals surface area contributed by atoms with Crippen molar-refractivity contribution < 1.29 is 4.74 Å². The van der Waals surface area contributed by atoms with Crippen LogP contribution in [0.25, 0.3) is 0 Å². The van der Waals surface area contributed by atoms with E-state index in [1.807, 2.05) is 42.5 Å². The molecule has 0 heterocycles. The Morgan fingerprint density at radius 3 is 2.47 bits per heavy atom. The van der Waals surface area contributed by atoms with Crippen LogP contribution in [0.15, 0.2) is 67.3 Å². The van der Waals surface area contributed by atoms with Crippen LogP contribution in [0, 0.1) is 0 Å². The van der Waals surface area contributed by atoms with Gasteiger partial charge in [0.05, 0.1) is 13.2 Å². The van der Waals surface area contributed by atoms with E-state index in [4.69, 9.17) is 4.74 Å². The van der Waals surface area contributed by atoms with Gasteiger partial charge in [0.25, 0.3) is 0 Å². The molecule has 1 unspecified atom stereocenters. The predicted molar refractivity (Wildman–Crippen MR) is 79.2 cm³/mol. The molecule has 0 aliphatic carbocycles. The van der Waals surface area contributed by atoms with Crippen molar-refractivity contribution in [3.8, 4) is 5.75 Å². The highest BCUT2D eigenvalue weighted by Crippen LogP contribution is 2.25. The molecule has 0 aromatic heterocycles. The number of nitrogens with one attached hydrogen (secondary N) is 1. The van der Waals surface area contributed by atoms with Gasteiger partial charge >= 0.3 is 0 Å². The fourth-order valence-corrected chi connectivity index (χ4v) is 2.07. The van der Waals surface area contributed by atoms with Crippen molar-refractivity contribution in [1.82, 2.24) is 5.32 Å². The third-order valence-electron chi connectivity index (χ3n) is 3.08. The summed E-state index contributed by atoms with van der Waals surface area (Å²) in [6.45, 7) is 4.71. The second-order valence-electron chi connectivity index (χ2n) is 4.32. The Balaban J connectivity index is 2.10. The molecule has 0 spiro atoms. The molecule has 0 amide bonds. The summed E-state index contributed by atoms with van der Waals surface area (Å²) in [5.41, 5.74) is 2.36. The molecule has 2 rings (SSSR count). The predicted octanol–water partition coefficient (Wildman–Crippen LogP) is 3.71. The molecule has 2 aromatic rings. The zero-order chi connectivity index (χ0) is 13.5. The minimum atomic E-state index is 0.0800. The number of rotatable bonds is 6. The average Bonchev–Trinajstić information content (AvgIpc) is 2.49. The van der Waals surface area contributed by atoms with Gasteiger partial charge in [0.15, 0.2) is 0 Å². The quantitative estimate of drug-likeness (QED) is 0.792. The smallest absolute Gasteiger partial charge is 0.123 e. The van der Waals surface area contributed by atoms with Gasteiger partial charge in [0, 0.05) is 12.1 Å². The zero-order valence-electron chi connectivity index (χ0n) is 11.2. The maximum atomic E-state index is 5.39. The van der Waals surface area contributed by atoms with Gasteiger partial charge in [-0.3, -0.25) is 0 Å². The number of hydrogen-bond donors (Lipinski definition) is 1. The summed E-state index contributed by atoms with van der Waals surface area (Å²) in [5.74, 6) is 0.882. The van der Waals surface area contributed by atoms with E-state index in [0.29, 0.717) is 0 Å². The highest BCUT2D eigenvalue weighted by Gasteiger charge is 2.11. The van der Waals surface area contributed by atoms with Crippen LogP contribution in [0.5, 0.6) is 5.75 Å². The van der Waals surface area contributed by atoms with Crippen molar-refractivity contribution in [2.75, 3.05) is 7.11 Å². The van der Waals surface area contributed by atoms with Crippen LogP contribution >= 0.6 is 0 Å². The molecule has 0 bridgehead atoms. The number of ether oxygens (including phenoxy) is 1. The Morgan fingerprint density at radius 1 is 1.11 bits per heavy atom. The summed E-state index contributed by atoms with van der Waals surface area (Å²) < 4.78 is 5.39. The third-order valence-corrected chi connectivity index (χ3v) is 3.08. The summed E-state index contributed by atoms with van der Waals surface area (Å²) >= 11 is 0. The standard InChI is InChI=1S/C17H19NO/c1-3-16(15-11-7-8-12-17(15)19-2)18-13-14-9-5-4-6-10-14/h3-12,16,18H,1,13H2,2H3. The highest BCUT2D eigenvalue weighted by atomic mass is 16.5. The molecule has 2 nitrogen and oxygen atoms in total. The van der Waals surface area contributed by atoms with E-state index in [1.54, 1.807) is 7.11 Å². The van der Waals surface area contributed by atoms with E-state index in [-0.39, 0.29) is 6.04 Å². The molecule has 19 heavy (non-hydrogen) atoms. The van der Waals surface area contributed by atoms with Gasteiger partial charge in [-0.25, -0.2) is 0 Å². The largest absolute Gasteiger partial charge is 0.496 e. The molecule has 0 saturated carbocycles. The molecule has 0 aliphatic heterocycles. The fraction of sp³-hybridized carbons (Fsp3) is 0.176. The molecule has 0 fully saturated rings. The Morgan fingerprint density at radius 2 is 1.79 bits per heavy atom. The molecule has 0 radical (unpaired) electrons. The second-order valence-corrected chi connectivity index (χ2v) is 4.32. The number of methoxy groups -OCH3 is 1. The Bertz CT molecular complexity index is 522. The van der Waals surface area contributed by atoms with Crippen LogP contribution in [0.2, 0.25) is 0 Å². The van der Waals surface area contributed by atoms with Crippen LogP contribution < -0.4 is 10.1 Å². The Hall–Kier alpha value is -2.06. The maximum absolute atomic E-state index is 5.39. The highest BCUT2D eigenvalue weighted by molar-refractivity contribution is 5.37. The maximum Gasteiger partial charge on any atom is 0.123 e. The van der Waals surface area contributed by atoms with Gasteiger partial charge in [-0.05, 0) is 11.6 Å². The van der Waals surface area contributed by atoms with Crippen LogP contribution in [-0.2, 0) is 6.54 Å². The first kappa shape index (κ1) is 13.4. The van der Waals surface area contributed by atoms with E-state index < -0.39 is 0 Å². The Labute approximate surface area is 114 Å². The first-order valence-corrected chi connectivity index (χ1v) is 6.38. The van der Waals surface area contributed by atoms with Gasteiger partial charge in [0.2, 0.25) is 0 Å². The van der Waals surface area contributed by atoms with E-state index in [1.165, 1.54) is 5.56 Å². The van der Waals surface area contributed by atoms with Crippen LogP contribution in [0.1, 0.15) is 17.2 Å². The summed E-state index contributed by atoms with van der Waals surface area (Å²) in [6, 6.07) is 18.4. The lowest BCUT2D eigenvalue weighted by atomic mass is 10.1. The first-order chi connectivity index (χ1) is 9.35. The van der Waals surface area contributed by atoms with Crippen molar-refractivity contribution in [2.24, 2.45) is 0 Å². The SMILES string of the molecule is C=CC(NCc1ccccc1)c1ccccc1OC. The molecular weight excluding hydrogens is 234 g/mol. The Kier molecular flexibility index (Phi) is 4.76. The van der Waals surface area contributed by atoms with Gasteiger partial charge in [-0.15, -0.1) is 6.58 Å². The summed E-state index contributed by atoms with van der Waals surface area (Å²) in [7, 11) is 1.69. The van der Waals surface area contributed by atoms with Crippen molar-refractivity contribution in [3.63, 3.8) is 0 Å². The topological polar surface area (TPSA) is 21.3 Å². The zero-order valence-corrected chi connectivity index (χ0v) is 11.2. The molecule has 2 heteroatoms. The fourth-order valence-electron chi connectivity index (χ4n) is 2.07. The molecular formula is C17H19NO. The van der Waals surface area contributed by atoms with Crippen molar-refractivity contribution in [1.29, 1.82) is 0 Å². The first-order valence-electron chi connectivity index (χ1n) is 6.38. The monoisotopic (exact) mass is 253 g/mol. The van der Waals surface area contributed by atoms with Crippen molar-refractivity contribution in [2.45, 2.75) is 12.6 Å². The van der Waals surface area contributed by atoms with Gasteiger partial charge < -0.3 is 10.1 Å². The minimum absolute atomic E-state index is 0.0800.